The van der Waals surface area contributed by atoms with E-state index in [1.54, 1.807) is 30.8 Å². The Morgan fingerprint density at radius 3 is 2.21 bits per heavy atom. The lowest BCUT2D eigenvalue weighted by atomic mass is 10.2. The summed E-state index contributed by atoms with van der Waals surface area (Å²) in [6.07, 6.45) is 5.46. The molecule has 0 radical (unpaired) electrons. The van der Waals surface area contributed by atoms with Crippen LogP contribution in [0.3, 0.4) is 0 Å². The van der Waals surface area contributed by atoms with Crippen molar-refractivity contribution in [2.24, 2.45) is 0 Å². The summed E-state index contributed by atoms with van der Waals surface area (Å²) < 4.78 is 5.25. The van der Waals surface area contributed by atoms with Crippen molar-refractivity contribution in [1.29, 1.82) is 0 Å². The number of rotatable bonds is 9. The maximum absolute atomic E-state index is 5.25. The minimum Gasteiger partial charge on any atom is -0.497 e. The molecule has 1 aromatic carbocycles. The number of hydrogen-bond donors (Lipinski definition) is 2. The van der Waals surface area contributed by atoms with E-state index < -0.39 is 0 Å². The predicted octanol–water partition coefficient (Wildman–Crippen LogP) is 3.32. The zero-order chi connectivity index (χ0) is 22.5. The molecule has 33 heavy (non-hydrogen) atoms. The molecule has 0 aliphatic heterocycles. The van der Waals surface area contributed by atoms with Crippen molar-refractivity contribution in [3.63, 3.8) is 0 Å². The van der Waals surface area contributed by atoms with Gasteiger partial charge in [-0.1, -0.05) is 16.5 Å². The van der Waals surface area contributed by atoms with E-state index in [9.17, 15) is 0 Å². The Bertz CT molecular complexity index is 1250. The molecule has 10 nitrogen and oxygen atoms in total. The Morgan fingerprint density at radius 1 is 0.879 bits per heavy atom. The fraction of sp³-hybridized carbons (Fsp3) is 0.182. The van der Waals surface area contributed by atoms with E-state index in [1.165, 1.54) is 0 Å². The molecule has 2 N–H and O–H groups in total. The van der Waals surface area contributed by atoms with Crippen molar-refractivity contribution in [3.8, 4) is 26.9 Å². The third kappa shape index (κ3) is 5.10. The summed E-state index contributed by atoms with van der Waals surface area (Å²) in [5, 5.41) is 22.2. The molecule has 0 fully saturated rings. The lowest BCUT2D eigenvalue weighted by molar-refractivity contribution is 0.238. The molecule has 0 atom stereocenters. The molecule has 11 heteroatoms. The van der Waals surface area contributed by atoms with Gasteiger partial charge in [0.05, 0.1) is 34.8 Å². The van der Waals surface area contributed by atoms with E-state index in [1.807, 2.05) is 48.7 Å². The molecule has 4 heterocycles. The summed E-state index contributed by atoms with van der Waals surface area (Å²) in [6, 6.07) is 14.0. The molecule has 0 amide bonds. The Morgan fingerprint density at radius 2 is 1.58 bits per heavy atom. The van der Waals surface area contributed by atoms with Gasteiger partial charge in [0.25, 0.3) is 0 Å². The molecule has 0 unspecified atom stereocenters. The van der Waals surface area contributed by atoms with Crippen molar-refractivity contribution in [3.05, 3.63) is 78.1 Å². The first-order valence-corrected chi connectivity index (χ1v) is 11.1. The SMILES string of the molecule is COc1ccc(-c2cnc(-c3cccc(CN(Cc4c[nH]nn4)Cc4c[nH]nn4)n3)s2)cc1. The van der Waals surface area contributed by atoms with Crippen LogP contribution in [0.4, 0.5) is 0 Å². The van der Waals surface area contributed by atoms with Gasteiger partial charge in [-0.3, -0.25) is 15.1 Å². The number of nitrogens with one attached hydrogen (secondary N) is 2. The maximum Gasteiger partial charge on any atom is 0.142 e. The molecule has 4 aromatic heterocycles. The second kappa shape index (κ2) is 9.67. The number of pyridine rings is 1. The zero-order valence-electron chi connectivity index (χ0n) is 17.8. The van der Waals surface area contributed by atoms with Crippen LogP contribution in [0.15, 0.2) is 61.1 Å². The number of aromatic nitrogens is 8. The van der Waals surface area contributed by atoms with E-state index in [0.717, 1.165) is 44.0 Å². The second-order valence-corrected chi connectivity index (χ2v) is 8.38. The van der Waals surface area contributed by atoms with Crippen molar-refractivity contribution in [2.45, 2.75) is 19.6 Å². The first kappa shape index (κ1) is 20.9. The smallest absolute Gasteiger partial charge is 0.142 e. The highest BCUT2D eigenvalue weighted by molar-refractivity contribution is 7.18. The lowest BCUT2D eigenvalue weighted by Gasteiger charge is -2.19. The van der Waals surface area contributed by atoms with E-state index in [2.05, 4.69) is 40.7 Å². The normalized spacial score (nSPS) is 11.2. The Hall–Kier alpha value is -3.96. The largest absolute Gasteiger partial charge is 0.497 e. The number of methoxy groups -OCH3 is 1. The molecule has 0 aliphatic rings. The monoisotopic (exact) mass is 459 g/mol. The number of thiazole rings is 1. The minimum absolute atomic E-state index is 0.605. The molecule has 0 saturated heterocycles. The Balaban J connectivity index is 1.35. The molecule has 0 saturated carbocycles. The van der Waals surface area contributed by atoms with Crippen LogP contribution in [0.25, 0.3) is 21.1 Å². The van der Waals surface area contributed by atoms with Crippen LogP contribution in [-0.4, -0.2) is 52.8 Å². The highest BCUT2D eigenvalue weighted by Gasteiger charge is 2.14. The summed E-state index contributed by atoms with van der Waals surface area (Å²) in [6.45, 7) is 1.83. The van der Waals surface area contributed by atoms with E-state index in [4.69, 9.17) is 9.72 Å². The van der Waals surface area contributed by atoms with Gasteiger partial charge in [0.1, 0.15) is 10.8 Å². The Kier molecular flexibility index (Phi) is 6.13. The first-order chi connectivity index (χ1) is 16.3. The number of aromatic amines is 2. The lowest BCUT2D eigenvalue weighted by Crippen LogP contribution is -2.23. The number of H-pyrrole nitrogens is 2. The van der Waals surface area contributed by atoms with Gasteiger partial charge in [0.15, 0.2) is 0 Å². The molecule has 5 rings (SSSR count). The molecular formula is C22H21N9OS. The number of nitrogens with zero attached hydrogens (tertiary/aromatic N) is 7. The average Bonchev–Trinajstić information content (AvgIpc) is 3.63. The highest BCUT2D eigenvalue weighted by Crippen LogP contribution is 2.32. The van der Waals surface area contributed by atoms with Crippen LogP contribution in [0, 0.1) is 0 Å². The summed E-state index contributed by atoms with van der Waals surface area (Å²) in [5.41, 5.74) is 4.57. The van der Waals surface area contributed by atoms with E-state index in [-0.39, 0.29) is 0 Å². The Labute approximate surface area is 193 Å². The fourth-order valence-corrected chi connectivity index (χ4v) is 4.32. The molecule has 5 aromatic rings. The van der Waals surface area contributed by atoms with Crippen molar-refractivity contribution >= 4 is 11.3 Å². The molecule has 0 spiro atoms. The standard InChI is InChI=1S/C22H21N9OS/c1-32-19-7-5-15(6-8-19)21-11-23-22(33-21)20-4-2-3-16(26-20)12-31(13-17-9-24-29-27-17)14-18-10-25-30-28-18/h2-11H,12-14H2,1H3,(H,24,27,29)(H,25,28,30). The molecule has 0 bridgehead atoms. The van der Waals surface area contributed by atoms with E-state index >= 15 is 0 Å². The third-order valence-corrected chi connectivity index (χ3v) is 6.07. The summed E-state index contributed by atoms with van der Waals surface area (Å²) in [4.78, 5) is 12.8. The van der Waals surface area contributed by atoms with Crippen LogP contribution in [0.1, 0.15) is 17.1 Å². The van der Waals surface area contributed by atoms with Crippen molar-refractivity contribution < 1.29 is 4.74 Å². The van der Waals surface area contributed by atoms with Crippen LogP contribution < -0.4 is 4.74 Å². The quantitative estimate of drug-likeness (QED) is 0.344. The van der Waals surface area contributed by atoms with Crippen LogP contribution >= 0.6 is 11.3 Å². The van der Waals surface area contributed by atoms with Crippen LogP contribution in [0.2, 0.25) is 0 Å². The van der Waals surface area contributed by atoms with E-state index in [0.29, 0.717) is 19.6 Å². The van der Waals surface area contributed by atoms with Crippen LogP contribution in [-0.2, 0) is 19.6 Å². The topological polar surface area (TPSA) is 121 Å². The van der Waals surface area contributed by atoms with Gasteiger partial charge in [0.2, 0.25) is 0 Å². The fourth-order valence-electron chi connectivity index (χ4n) is 3.43. The first-order valence-electron chi connectivity index (χ1n) is 10.3. The summed E-state index contributed by atoms with van der Waals surface area (Å²) in [7, 11) is 1.66. The molecule has 166 valence electrons. The second-order valence-electron chi connectivity index (χ2n) is 7.35. The molecular weight excluding hydrogens is 438 g/mol. The zero-order valence-corrected chi connectivity index (χ0v) is 18.7. The number of hydrogen-bond acceptors (Lipinski definition) is 9. The third-order valence-electron chi connectivity index (χ3n) is 5.00. The summed E-state index contributed by atoms with van der Waals surface area (Å²) in [5.74, 6) is 0.832. The minimum atomic E-state index is 0.605. The van der Waals surface area contributed by atoms with Crippen molar-refractivity contribution in [2.75, 3.05) is 7.11 Å². The maximum atomic E-state index is 5.25. The van der Waals surface area contributed by atoms with Gasteiger partial charge in [-0.05, 0) is 42.0 Å². The van der Waals surface area contributed by atoms with Crippen LogP contribution in [0.5, 0.6) is 5.75 Å². The van der Waals surface area contributed by atoms with Crippen molar-refractivity contribution in [1.82, 2.24) is 45.7 Å². The van der Waals surface area contributed by atoms with Gasteiger partial charge in [-0.15, -0.1) is 21.5 Å². The average molecular weight is 460 g/mol. The van der Waals surface area contributed by atoms with Gasteiger partial charge >= 0.3 is 0 Å². The number of ether oxygens (including phenoxy) is 1. The van der Waals surface area contributed by atoms with Gasteiger partial charge in [-0.25, -0.2) is 9.97 Å². The predicted molar refractivity (Wildman–Crippen MR) is 123 cm³/mol. The summed E-state index contributed by atoms with van der Waals surface area (Å²) >= 11 is 1.61. The molecule has 0 aliphatic carbocycles. The van der Waals surface area contributed by atoms with Gasteiger partial charge < -0.3 is 4.74 Å². The van der Waals surface area contributed by atoms with Gasteiger partial charge in [0, 0.05) is 38.2 Å². The number of benzene rings is 1. The highest BCUT2D eigenvalue weighted by atomic mass is 32.1. The van der Waals surface area contributed by atoms with Gasteiger partial charge in [-0.2, -0.15) is 0 Å².